The minimum atomic E-state index is -4.84. The molecular formula is C8H11NO6S2. The van der Waals surface area contributed by atoms with Crippen LogP contribution in [0.15, 0.2) is 29.2 Å². The van der Waals surface area contributed by atoms with Gasteiger partial charge in [0, 0.05) is 5.69 Å². The number of hydrogen-bond acceptors (Lipinski definition) is 6. The highest BCUT2D eigenvalue weighted by molar-refractivity contribution is 7.92. The lowest BCUT2D eigenvalue weighted by atomic mass is 10.3. The molecule has 1 aromatic carbocycles. The van der Waals surface area contributed by atoms with Gasteiger partial charge in [0.05, 0.1) is 4.90 Å². The van der Waals surface area contributed by atoms with Gasteiger partial charge in [0.2, 0.25) is 9.84 Å². The maximum atomic E-state index is 11.8. The summed E-state index contributed by atoms with van der Waals surface area (Å²) in [5.74, 6) is 0. The lowest BCUT2D eigenvalue weighted by Gasteiger charge is -2.11. The van der Waals surface area contributed by atoms with E-state index < -0.39 is 25.7 Å². The van der Waals surface area contributed by atoms with Crippen LogP contribution >= 0.6 is 0 Å². The largest absolute Gasteiger partial charge is 0.399 e. The highest BCUT2D eigenvalue weighted by atomic mass is 32.3. The molecule has 0 aliphatic heterocycles. The predicted molar refractivity (Wildman–Crippen MR) is 60.1 cm³/mol. The molecule has 0 aliphatic carbocycles. The van der Waals surface area contributed by atoms with Gasteiger partial charge in [-0.15, -0.1) is 0 Å². The summed E-state index contributed by atoms with van der Waals surface area (Å²) < 4.78 is 56.9. The van der Waals surface area contributed by atoms with E-state index in [1.807, 2.05) is 0 Å². The Morgan fingerprint density at radius 3 is 2.35 bits per heavy atom. The highest BCUT2D eigenvalue weighted by Gasteiger charge is 2.28. The van der Waals surface area contributed by atoms with Gasteiger partial charge in [-0.1, -0.05) is 6.07 Å². The molecule has 96 valence electrons. The molecule has 0 amide bonds. The van der Waals surface area contributed by atoms with Gasteiger partial charge in [-0.2, -0.15) is 8.42 Å². The maximum Gasteiger partial charge on any atom is 0.398 e. The first kappa shape index (κ1) is 13.9. The monoisotopic (exact) mass is 281 g/mol. The fraction of sp³-hybridized carbons (Fsp3) is 0.250. The number of nitrogens with two attached hydrogens (primary N) is 1. The molecule has 17 heavy (non-hydrogen) atoms. The Hall–Kier alpha value is -1.16. The molecule has 9 heteroatoms. The summed E-state index contributed by atoms with van der Waals surface area (Å²) in [7, 11) is -8.87. The summed E-state index contributed by atoms with van der Waals surface area (Å²) in [5, 5.41) is 0. The smallest absolute Gasteiger partial charge is 0.398 e. The Kier molecular flexibility index (Phi) is 3.77. The zero-order chi connectivity index (χ0) is 13.3. The van der Waals surface area contributed by atoms with Crippen LogP contribution in [-0.4, -0.2) is 26.8 Å². The van der Waals surface area contributed by atoms with Gasteiger partial charge in [-0.05, 0) is 25.1 Å². The van der Waals surface area contributed by atoms with E-state index in [4.69, 9.17) is 10.3 Å². The van der Waals surface area contributed by atoms with Crippen molar-refractivity contribution in [3.8, 4) is 0 Å². The van der Waals surface area contributed by atoms with Crippen LogP contribution in [0.1, 0.15) is 6.92 Å². The highest BCUT2D eigenvalue weighted by Crippen LogP contribution is 2.19. The van der Waals surface area contributed by atoms with Gasteiger partial charge in [0.1, 0.15) is 0 Å². The Bertz CT molecular complexity index is 607. The molecular weight excluding hydrogens is 270 g/mol. The summed E-state index contributed by atoms with van der Waals surface area (Å²) in [6, 6.07) is 5.30. The van der Waals surface area contributed by atoms with Crippen LogP contribution in [0.2, 0.25) is 0 Å². The van der Waals surface area contributed by atoms with Crippen molar-refractivity contribution in [2.45, 2.75) is 17.3 Å². The van der Waals surface area contributed by atoms with E-state index in [1.54, 1.807) is 0 Å². The number of hydrogen-bond donors (Lipinski definition) is 2. The van der Waals surface area contributed by atoms with Crippen LogP contribution in [0.5, 0.6) is 0 Å². The molecule has 1 rings (SSSR count). The molecule has 0 heterocycles. The first-order valence-electron chi connectivity index (χ1n) is 4.38. The number of anilines is 1. The molecule has 0 radical (unpaired) electrons. The topological polar surface area (TPSA) is 124 Å². The average Bonchev–Trinajstić information content (AvgIpc) is 2.15. The molecule has 0 spiro atoms. The molecule has 7 nitrogen and oxygen atoms in total. The zero-order valence-electron chi connectivity index (χ0n) is 8.77. The second kappa shape index (κ2) is 4.61. The van der Waals surface area contributed by atoms with Crippen molar-refractivity contribution in [3.63, 3.8) is 0 Å². The third-order valence-corrected chi connectivity index (χ3v) is 4.42. The Morgan fingerprint density at radius 1 is 1.29 bits per heavy atom. The van der Waals surface area contributed by atoms with Crippen LogP contribution in [0, 0.1) is 0 Å². The van der Waals surface area contributed by atoms with Crippen molar-refractivity contribution in [2.24, 2.45) is 0 Å². The van der Waals surface area contributed by atoms with Gasteiger partial charge >= 0.3 is 10.4 Å². The molecule has 1 unspecified atom stereocenters. The normalized spacial score (nSPS) is 14.5. The summed E-state index contributed by atoms with van der Waals surface area (Å²) in [6.07, 6.45) is 0. The van der Waals surface area contributed by atoms with E-state index in [9.17, 15) is 16.8 Å². The van der Waals surface area contributed by atoms with E-state index in [2.05, 4.69) is 4.18 Å². The summed E-state index contributed by atoms with van der Waals surface area (Å²) in [6.45, 7) is 0.992. The quantitative estimate of drug-likeness (QED) is 0.597. The molecule has 0 aliphatic rings. The van der Waals surface area contributed by atoms with Crippen molar-refractivity contribution < 1.29 is 25.6 Å². The molecule has 1 atom stereocenters. The molecule has 3 N–H and O–H groups in total. The van der Waals surface area contributed by atoms with Crippen LogP contribution in [0.4, 0.5) is 5.69 Å². The third kappa shape index (κ3) is 3.66. The second-order valence-corrected chi connectivity index (χ2v) is 6.48. The van der Waals surface area contributed by atoms with E-state index in [0.29, 0.717) is 0 Å². The number of sulfone groups is 1. The summed E-state index contributed by atoms with van der Waals surface area (Å²) in [4.78, 5) is -0.186. The van der Waals surface area contributed by atoms with Crippen LogP contribution < -0.4 is 5.73 Å². The minimum absolute atomic E-state index is 0.186. The van der Waals surface area contributed by atoms with E-state index in [0.717, 1.165) is 6.92 Å². The van der Waals surface area contributed by atoms with Crippen molar-refractivity contribution in [1.29, 1.82) is 0 Å². The zero-order valence-corrected chi connectivity index (χ0v) is 10.4. The molecule has 0 fully saturated rings. The average molecular weight is 281 g/mol. The van der Waals surface area contributed by atoms with Crippen LogP contribution in [0.25, 0.3) is 0 Å². The fourth-order valence-corrected chi connectivity index (χ4v) is 3.11. The Balaban J connectivity index is 3.12. The molecule has 0 aromatic heterocycles. The molecule has 0 bridgehead atoms. The van der Waals surface area contributed by atoms with E-state index >= 15 is 0 Å². The lowest BCUT2D eigenvalue weighted by molar-refractivity contribution is 0.251. The van der Waals surface area contributed by atoms with Crippen molar-refractivity contribution in [1.82, 2.24) is 0 Å². The van der Waals surface area contributed by atoms with Crippen LogP contribution in [0.3, 0.4) is 0 Å². The van der Waals surface area contributed by atoms with Crippen molar-refractivity contribution in [3.05, 3.63) is 24.3 Å². The predicted octanol–water partition coefficient (Wildman–Crippen LogP) is 0.208. The first-order valence-corrected chi connectivity index (χ1v) is 7.29. The number of nitrogen functional groups attached to an aromatic ring is 1. The van der Waals surface area contributed by atoms with Gasteiger partial charge in [0.25, 0.3) is 0 Å². The van der Waals surface area contributed by atoms with Gasteiger partial charge < -0.3 is 5.73 Å². The SMILES string of the molecule is CC(OS(=O)(=O)O)S(=O)(=O)c1cccc(N)c1. The van der Waals surface area contributed by atoms with Gasteiger partial charge in [-0.3, -0.25) is 4.55 Å². The molecule has 0 saturated heterocycles. The second-order valence-electron chi connectivity index (χ2n) is 3.21. The standard InChI is InChI=1S/C8H11NO6S2/c1-6(15-17(12,13)14)16(10,11)8-4-2-3-7(9)5-8/h2-6H,9H2,1H3,(H,12,13,14). The van der Waals surface area contributed by atoms with Crippen LogP contribution in [-0.2, 0) is 24.4 Å². The summed E-state index contributed by atoms with van der Waals surface area (Å²) >= 11 is 0. The molecule has 0 saturated carbocycles. The van der Waals surface area contributed by atoms with Gasteiger partial charge in [0.15, 0.2) is 5.44 Å². The minimum Gasteiger partial charge on any atom is -0.399 e. The fourth-order valence-electron chi connectivity index (χ4n) is 1.11. The Morgan fingerprint density at radius 2 is 1.88 bits per heavy atom. The Labute approximate surface area is 99.1 Å². The van der Waals surface area contributed by atoms with E-state index in [-0.39, 0.29) is 10.6 Å². The summed E-state index contributed by atoms with van der Waals surface area (Å²) in [5.41, 5.74) is 3.89. The lowest BCUT2D eigenvalue weighted by Crippen LogP contribution is -2.24. The maximum absolute atomic E-state index is 11.8. The molecule has 1 aromatic rings. The van der Waals surface area contributed by atoms with Crippen molar-refractivity contribution in [2.75, 3.05) is 5.73 Å². The van der Waals surface area contributed by atoms with Crippen molar-refractivity contribution >= 4 is 25.9 Å². The van der Waals surface area contributed by atoms with E-state index in [1.165, 1.54) is 24.3 Å². The van der Waals surface area contributed by atoms with Gasteiger partial charge in [-0.25, -0.2) is 12.6 Å². The third-order valence-electron chi connectivity index (χ3n) is 1.88. The number of rotatable bonds is 4. The number of benzene rings is 1. The first-order chi connectivity index (χ1) is 7.63.